The summed E-state index contributed by atoms with van der Waals surface area (Å²) in [5.74, 6) is 0.955. The van der Waals surface area contributed by atoms with Crippen LogP contribution in [0.2, 0.25) is 5.15 Å². The minimum Gasteiger partial charge on any atom is -0.354 e. The molecule has 0 aliphatic heterocycles. The maximum absolute atomic E-state index is 12.3. The first kappa shape index (κ1) is 14.1. The van der Waals surface area contributed by atoms with E-state index in [4.69, 9.17) is 11.6 Å². The van der Waals surface area contributed by atoms with Gasteiger partial charge in [-0.2, -0.15) is 0 Å². The maximum atomic E-state index is 12.3. The number of hydrogen-bond donors (Lipinski definition) is 0. The quantitative estimate of drug-likeness (QED) is 0.785. The van der Waals surface area contributed by atoms with Crippen molar-refractivity contribution in [1.82, 2.24) is 9.97 Å². The fourth-order valence-electron chi connectivity index (χ4n) is 1.24. The van der Waals surface area contributed by atoms with E-state index < -0.39 is 6.43 Å². The van der Waals surface area contributed by atoms with Gasteiger partial charge in [-0.3, -0.25) is 0 Å². The second-order valence-corrected chi connectivity index (χ2v) is 5.28. The predicted octanol–water partition coefficient (Wildman–Crippen LogP) is 3.13. The fourth-order valence-corrected chi connectivity index (χ4v) is 1.41. The number of halogens is 3. The van der Waals surface area contributed by atoms with Gasteiger partial charge < -0.3 is 4.90 Å². The second-order valence-electron chi connectivity index (χ2n) is 4.89. The van der Waals surface area contributed by atoms with Crippen LogP contribution >= 0.6 is 11.6 Å². The van der Waals surface area contributed by atoms with Crippen LogP contribution in [0.3, 0.4) is 0 Å². The van der Waals surface area contributed by atoms with E-state index in [1.807, 2.05) is 20.8 Å². The predicted molar refractivity (Wildman–Crippen MR) is 65.0 cm³/mol. The molecule has 1 rings (SSSR count). The van der Waals surface area contributed by atoms with Crippen molar-refractivity contribution in [3.63, 3.8) is 0 Å². The summed E-state index contributed by atoms with van der Waals surface area (Å²) < 4.78 is 24.6. The third-order valence-electron chi connectivity index (χ3n) is 2.16. The molecule has 0 atom stereocenters. The Balaban J connectivity index is 3.05. The molecule has 0 N–H and O–H groups in total. The third-order valence-corrected chi connectivity index (χ3v) is 2.35. The summed E-state index contributed by atoms with van der Waals surface area (Å²) in [6.07, 6.45) is -2.41. The van der Waals surface area contributed by atoms with Crippen LogP contribution in [0, 0.1) is 0 Å². The standard InChI is InChI=1S/C11H16ClF2N3/c1-11(2,3)10-15-7(12)5-9(16-10)17(4)6-8(13)14/h5,8H,6H2,1-4H3. The smallest absolute Gasteiger partial charge is 0.255 e. The lowest BCUT2D eigenvalue weighted by Crippen LogP contribution is -2.26. The van der Waals surface area contributed by atoms with E-state index in [2.05, 4.69) is 9.97 Å². The zero-order valence-electron chi connectivity index (χ0n) is 10.3. The number of hydrogen-bond acceptors (Lipinski definition) is 3. The van der Waals surface area contributed by atoms with Gasteiger partial charge in [-0.25, -0.2) is 18.7 Å². The van der Waals surface area contributed by atoms with Crippen molar-refractivity contribution < 1.29 is 8.78 Å². The molecule has 96 valence electrons. The summed E-state index contributed by atoms with van der Waals surface area (Å²) in [4.78, 5) is 9.73. The van der Waals surface area contributed by atoms with Gasteiger partial charge in [0.15, 0.2) is 0 Å². The summed E-state index contributed by atoms with van der Waals surface area (Å²) >= 11 is 5.87. The van der Waals surface area contributed by atoms with Crippen molar-refractivity contribution in [2.75, 3.05) is 18.5 Å². The lowest BCUT2D eigenvalue weighted by molar-refractivity contribution is 0.156. The Labute approximate surface area is 105 Å². The molecule has 0 unspecified atom stereocenters. The summed E-state index contributed by atoms with van der Waals surface area (Å²) in [7, 11) is 1.55. The molecule has 0 aromatic carbocycles. The van der Waals surface area contributed by atoms with Crippen molar-refractivity contribution >= 4 is 17.4 Å². The lowest BCUT2D eigenvalue weighted by atomic mass is 9.96. The lowest BCUT2D eigenvalue weighted by Gasteiger charge is -2.22. The molecule has 0 bridgehead atoms. The molecule has 0 saturated carbocycles. The van der Waals surface area contributed by atoms with Gasteiger partial charge in [0.25, 0.3) is 6.43 Å². The van der Waals surface area contributed by atoms with Gasteiger partial charge >= 0.3 is 0 Å². The van der Waals surface area contributed by atoms with Gasteiger partial charge in [0.1, 0.15) is 16.8 Å². The van der Waals surface area contributed by atoms with Gasteiger partial charge in [-0.1, -0.05) is 32.4 Å². The molecule has 0 amide bonds. The van der Waals surface area contributed by atoms with Crippen molar-refractivity contribution in [3.8, 4) is 0 Å². The number of alkyl halides is 2. The zero-order chi connectivity index (χ0) is 13.2. The van der Waals surface area contributed by atoms with E-state index in [1.54, 1.807) is 7.05 Å². The van der Waals surface area contributed by atoms with Crippen molar-refractivity contribution in [2.24, 2.45) is 0 Å². The Kier molecular flexibility index (Phi) is 4.25. The topological polar surface area (TPSA) is 29.0 Å². The highest BCUT2D eigenvalue weighted by atomic mass is 35.5. The molecule has 3 nitrogen and oxygen atoms in total. The number of nitrogens with zero attached hydrogens (tertiary/aromatic N) is 3. The Bertz CT molecular complexity index is 391. The monoisotopic (exact) mass is 263 g/mol. The molecular formula is C11H16ClF2N3. The number of rotatable bonds is 3. The summed E-state index contributed by atoms with van der Waals surface area (Å²) in [5, 5.41) is 0.265. The summed E-state index contributed by atoms with van der Waals surface area (Å²) in [5.41, 5.74) is -0.272. The van der Waals surface area contributed by atoms with Crippen LogP contribution in [0.4, 0.5) is 14.6 Å². The molecule has 0 fully saturated rings. The molecule has 0 aliphatic carbocycles. The van der Waals surface area contributed by atoms with Crippen LogP contribution < -0.4 is 4.90 Å². The molecule has 0 saturated heterocycles. The van der Waals surface area contributed by atoms with E-state index in [9.17, 15) is 8.78 Å². The van der Waals surface area contributed by atoms with Crippen LogP contribution in [-0.2, 0) is 5.41 Å². The summed E-state index contributed by atoms with van der Waals surface area (Å²) in [6, 6.07) is 1.49. The van der Waals surface area contributed by atoms with Gasteiger partial charge in [-0.15, -0.1) is 0 Å². The van der Waals surface area contributed by atoms with Gasteiger partial charge in [0.05, 0.1) is 6.54 Å². The minimum atomic E-state index is -2.41. The average molecular weight is 264 g/mol. The highest BCUT2D eigenvalue weighted by Crippen LogP contribution is 2.23. The molecular weight excluding hydrogens is 248 g/mol. The molecule has 0 radical (unpaired) electrons. The van der Waals surface area contributed by atoms with Gasteiger partial charge in [0.2, 0.25) is 0 Å². The van der Waals surface area contributed by atoms with Crippen molar-refractivity contribution in [1.29, 1.82) is 0 Å². The largest absolute Gasteiger partial charge is 0.354 e. The van der Waals surface area contributed by atoms with Crippen LogP contribution in [-0.4, -0.2) is 30.0 Å². The Morgan fingerprint density at radius 3 is 2.41 bits per heavy atom. The van der Waals surface area contributed by atoms with E-state index >= 15 is 0 Å². The molecule has 1 heterocycles. The van der Waals surface area contributed by atoms with E-state index in [-0.39, 0.29) is 17.1 Å². The molecule has 1 aromatic rings. The fraction of sp³-hybridized carbons (Fsp3) is 0.636. The van der Waals surface area contributed by atoms with Crippen LogP contribution in [0.25, 0.3) is 0 Å². The Morgan fingerprint density at radius 1 is 1.35 bits per heavy atom. The van der Waals surface area contributed by atoms with Crippen LogP contribution in [0.15, 0.2) is 6.07 Å². The summed E-state index contributed by atoms with van der Waals surface area (Å²) in [6.45, 7) is 5.44. The van der Waals surface area contributed by atoms with E-state index in [1.165, 1.54) is 11.0 Å². The number of aromatic nitrogens is 2. The van der Waals surface area contributed by atoms with Crippen molar-refractivity contribution in [2.45, 2.75) is 32.6 Å². The first-order valence-electron chi connectivity index (χ1n) is 5.24. The van der Waals surface area contributed by atoms with Gasteiger partial charge in [-0.05, 0) is 0 Å². The van der Waals surface area contributed by atoms with E-state index in [0.29, 0.717) is 11.6 Å². The third kappa shape index (κ3) is 4.07. The average Bonchev–Trinajstić information content (AvgIpc) is 2.14. The molecule has 1 aromatic heterocycles. The Hall–Kier alpha value is -0.970. The first-order valence-corrected chi connectivity index (χ1v) is 5.62. The normalized spacial score (nSPS) is 12.0. The first-order chi connectivity index (χ1) is 7.70. The van der Waals surface area contributed by atoms with Crippen LogP contribution in [0.5, 0.6) is 0 Å². The highest BCUT2D eigenvalue weighted by Gasteiger charge is 2.20. The maximum Gasteiger partial charge on any atom is 0.255 e. The van der Waals surface area contributed by atoms with Crippen LogP contribution in [0.1, 0.15) is 26.6 Å². The Morgan fingerprint density at radius 2 is 1.94 bits per heavy atom. The SMILES string of the molecule is CN(CC(F)F)c1cc(Cl)nc(C(C)(C)C)n1. The van der Waals surface area contributed by atoms with E-state index in [0.717, 1.165) is 0 Å². The molecule has 0 spiro atoms. The van der Waals surface area contributed by atoms with Gasteiger partial charge in [0, 0.05) is 18.5 Å². The second kappa shape index (κ2) is 5.12. The number of anilines is 1. The molecule has 17 heavy (non-hydrogen) atoms. The minimum absolute atomic E-state index is 0.265. The van der Waals surface area contributed by atoms with Crippen molar-refractivity contribution in [3.05, 3.63) is 17.0 Å². The highest BCUT2D eigenvalue weighted by molar-refractivity contribution is 6.29. The zero-order valence-corrected chi connectivity index (χ0v) is 11.1. The molecule has 6 heteroatoms. The molecule has 0 aliphatic rings.